The number of anilines is 1. The fraction of sp³-hybridized carbons (Fsp3) is 0.286. The van der Waals surface area contributed by atoms with Crippen molar-refractivity contribution in [3.8, 4) is 17.0 Å². The minimum atomic E-state index is -0.559. The predicted octanol–water partition coefficient (Wildman–Crippen LogP) is 2.41. The van der Waals surface area contributed by atoms with Crippen LogP contribution < -0.4 is 15.8 Å². The van der Waals surface area contributed by atoms with Crippen LogP contribution in [0.15, 0.2) is 23.6 Å². The van der Waals surface area contributed by atoms with Gasteiger partial charge in [-0.05, 0) is 26.0 Å². The maximum Gasteiger partial charge on any atom is 0.242 e. The monoisotopic (exact) mass is 291 g/mol. The van der Waals surface area contributed by atoms with Gasteiger partial charge in [-0.3, -0.25) is 4.79 Å². The molecule has 5 nitrogen and oxygen atoms in total. The molecule has 0 spiro atoms. The number of carbonyl (C=O) groups is 1. The van der Waals surface area contributed by atoms with Crippen LogP contribution in [0.4, 0.5) is 5.13 Å². The Labute approximate surface area is 121 Å². The Morgan fingerprint density at radius 3 is 2.90 bits per heavy atom. The number of carbonyl (C=O) groups excluding carboxylic acids is 1. The predicted molar refractivity (Wildman–Crippen MR) is 81.1 cm³/mol. The summed E-state index contributed by atoms with van der Waals surface area (Å²) in [4.78, 5) is 15.9. The van der Waals surface area contributed by atoms with Crippen LogP contribution in [0.3, 0.4) is 0 Å². The van der Waals surface area contributed by atoms with Crippen molar-refractivity contribution < 1.29 is 9.53 Å². The van der Waals surface area contributed by atoms with Crippen LogP contribution in [0.2, 0.25) is 0 Å². The third-order valence-corrected chi connectivity index (χ3v) is 3.54. The molecule has 0 unspecified atom stereocenters. The molecule has 0 radical (unpaired) electrons. The van der Waals surface area contributed by atoms with Crippen molar-refractivity contribution in [1.29, 1.82) is 0 Å². The molecule has 0 aliphatic heterocycles. The van der Waals surface area contributed by atoms with Gasteiger partial charge in [0.25, 0.3) is 0 Å². The molecule has 3 N–H and O–H groups in total. The molecule has 0 aliphatic rings. The first-order chi connectivity index (χ1) is 9.51. The lowest BCUT2D eigenvalue weighted by Crippen LogP contribution is -2.32. The van der Waals surface area contributed by atoms with Crippen molar-refractivity contribution >= 4 is 22.4 Å². The zero-order valence-corrected chi connectivity index (χ0v) is 12.5. The number of benzene rings is 1. The highest BCUT2D eigenvalue weighted by molar-refractivity contribution is 7.14. The summed E-state index contributed by atoms with van der Waals surface area (Å²) < 4.78 is 5.34. The highest BCUT2D eigenvalue weighted by Gasteiger charge is 2.13. The van der Waals surface area contributed by atoms with Gasteiger partial charge in [0, 0.05) is 10.9 Å². The van der Waals surface area contributed by atoms with E-state index in [-0.39, 0.29) is 5.91 Å². The maximum absolute atomic E-state index is 11.5. The number of aromatic nitrogens is 1. The highest BCUT2D eigenvalue weighted by Crippen LogP contribution is 2.32. The number of hydrogen-bond donors (Lipinski definition) is 2. The van der Waals surface area contributed by atoms with Crippen LogP contribution >= 0.6 is 11.3 Å². The Hall–Kier alpha value is -1.92. The number of rotatable bonds is 4. The van der Waals surface area contributed by atoms with Crippen LogP contribution in [-0.2, 0) is 4.79 Å². The number of nitrogens with zero attached hydrogens (tertiary/aromatic N) is 1. The number of nitrogens with one attached hydrogen (secondary N) is 1. The van der Waals surface area contributed by atoms with Crippen LogP contribution in [-0.4, -0.2) is 24.0 Å². The lowest BCUT2D eigenvalue weighted by atomic mass is 10.1. The van der Waals surface area contributed by atoms with E-state index in [9.17, 15) is 4.79 Å². The third kappa shape index (κ3) is 3.15. The minimum Gasteiger partial charge on any atom is -0.496 e. The van der Waals surface area contributed by atoms with E-state index in [0.717, 1.165) is 22.6 Å². The van der Waals surface area contributed by atoms with E-state index in [2.05, 4.69) is 10.3 Å². The van der Waals surface area contributed by atoms with E-state index in [4.69, 9.17) is 10.5 Å². The molecule has 0 saturated carbocycles. The molecule has 2 rings (SSSR count). The van der Waals surface area contributed by atoms with Crippen molar-refractivity contribution in [2.24, 2.45) is 5.73 Å². The minimum absolute atomic E-state index is 0.248. The zero-order chi connectivity index (χ0) is 14.7. The number of thiazole rings is 1. The molecule has 1 aromatic carbocycles. The molecule has 0 fully saturated rings. The molecule has 0 saturated heterocycles. The lowest BCUT2D eigenvalue weighted by molar-refractivity contribution is -0.117. The third-order valence-electron chi connectivity index (χ3n) is 2.78. The second kappa shape index (κ2) is 6.02. The van der Waals surface area contributed by atoms with E-state index in [0.29, 0.717) is 5.13 Å². The van der Waals surface area contributed by atoms with Crippen molar-refractivity contribution in [2.75, 3.05) is 12.4 Å². The lowest BCUT2D eigenvalue weighted by Gasteiger charge is -2.07. The second-order valence-electron chi connectivity index (χ2n) is 4.52. The summed E-state index contributed by atoms with van der Waals surface area (Å²) in [7, 11) is 1.62. The number of nitrogens with two attached hydrogens (primary N) is 1. The normalized spacial score (nSPS) is 12.0. The average molecular weight is 291 g/mol. The molecule has 0 aliphatic carbocycles. The van der Waals surface area contributed by atoms with Gasteiger partial charge in [-0.2, -0.15) is 0 Å². The molecular formula is C14H17N3O2S. The second-order valence-corrected chi connectivity index (χ2v) is 5.38. The van der Waals surface area contributed by atoms with Gasteiger partial charge in [0.05, 0.1) is 18.8 Å². The number of methoxy groups -OCH3 is 1. The summed E-state index contributed by atoms with van der Waals surface area (Å²) >= 11 is 1.36. The van der Waals surface area contributed by atoms with E-state index in [1.54, 1.807) is 14.0 Å². The Kier molecular flexibility index (Phi) is 4.36. The smallest absolute Gasteiger partial charge is 0.242 e. The Morgan fingerprint density at radius 1 is 1.50 bits per heavy atom. The molecule has 1 atom stereocenters. The summed E-state index contributed by atoms with van der Waals surface area (Å²) in [5, 5.41) is 5.10. The molecule has 20 heavy (non-hydrogen) atoms. The standard InChI is InChI=1S/C14H17N3O2S/c1-8-4-5-12(19-3)10(6-8)11-7-20-14(16-11)17-13(18)9(2)15/h4-7,9H,15H2,1-3H3,(H,16,17,18)/t9-/m0/s1. The van der Waals surface area contributed by atoms with Crippen LogP contribution in [0.5, 0.6) is 5.75 Å². The number of aryl methyl sites for hydroxylation is 1. The van der Waals surface area contributed by atoms with Gasteiger partial charge in [0.15, 0.2) is 5.13 Å². The number of amides is 1. The van der Waals surface area contributed by atoms with E-state index < -0.39 is 6.04 Å². The maximum atomic E-state index is 11.5. The average Bonchev–Trinajstić information content (AvgIpc) is 2.87. The molecule has 106 valence electrons. The fourth-order valence-corrected chi connectivity index (χ4v) is 2.41. The van der Waals surface area contributed by atoms with E-state index in [1.165, 1.54) is 11.3 Å². The van der Waals surface area contributed by atoms with Gasteiger partial charge < -0.3 is 15.8 Å². The first-order valence-corrected chi connectivity index (χ1v) is 7.06. The molecule has 2 aromatic rings. The highest BCUT2D eigenvalue weighted by atomic mass is 32.1. The Balaban J connectivity index is 2.29. The molecule has 0 bridgehead atoms. The quantitative estimate of drug-likeness (QED) is 0.907. The molecule has 1 amide bonds. The van der Waals surface area contributed by atoms with E-state index in [1.807, 2.05) is 30.5 Å². The van der Waals surface area contributed by atoms with Gasteiger partial charge in [0.2, 0.25) is 5.91 Å². The molecular weight excluding hydrogens is 274 g/mol. The fourth-order valence-electron chi connectivity index (χ4n) is 1.70. The van der Waals surface area contributed by atoms with Crippen molar-refractivity contribution in [3.05, 3.63) is 29.1 Å². The molecule has 6 heteroatoms. The van der Waals surface area contributed by atoms with Crippen molar-refractivity contribution in [2.45, 2.75) is 19.9 Å². The first kappa shape index (κ1) is 14.5. The number of ether oxygens (including phenoxy) is 1. The Morgan fingerprint density at radius 2 is 2.25 bits per heavy atom. The van der Waals surface area contributed by atoms with Crippen molar-refractivity contribution in [3.63, 3.8) is 0 Å². The summed E-state index contributed by atoms with van der Waals surface area (Å²) in [6, 6.07) is 5.33. The van der Waals surface area contributed by atoms with Gasteiger partial charge >= 0.3 is 0 Å². The largest absolute Gasteiger partial charge is 0.496 e. The summed E-state index contributed by atoms with van der Waals surface area (Å²) in [6.45, 7) is 3.64. The van der Waals surface area contributed by atoms with E-state index >= 15 is 0 Å². The van der Waals surface area contributed by atoms with Crippen LogP contribution in [0, 0.1) is 6.92 Å². The van der Waals surface area contributed by atoms with Gasteiger partial charge in [-0.25, -0.2) is 4.98 Å². The van der Waals surface area contributed by atoms with Crippen LogP contribution in [0.1, 0.15) is 12.5 Å². The van der Waals surface area contributed by atoms with Crippen LogP contribution in [0.25, 0.3) is 11.3 Å². The SMILES string of the molecule is COc1ccc(C)cc1-c1csc(NC(=O)[C@H](C)N)n1. The van der Waals surface area contributed by atoms with Gasteiger partial charge in [-0.15, -0.1) is 11.3 Å². The topological polar surface area (TPSA) is 77.2 Å². The first-order valence-electron chi connectivity index (χ1n) is 6.18. The van der Waals surface area contributed by atoms with Gasteiger partial charge in [-0.1, -0.05) is 11.6 Å². The summed E-state index contributed by atoms with van der Waals surface area (Å²) in [6.07, 6.45) is 0. The molecule has 1 aromatic heterocycles. The molecule has 1 heterocycles. The summed E-state index contributed by atoms with van der Waals surface area (Å²) in [5.74, 6) is 0.507. The number of hydrogen-bond acceptors (Lipinski definition) is 5. The zero-order valence-electron chi connectivity index (χ0n) is 11.6. The van der Waals surface area contributed by atoms with Crippen molar-refractivity contribution in [1.82, 2.24) is 4.98 Å². The Bertz CT molecular complexity index is 623. The summed E-state index contributed by atoms with van der Waals surface area (Å²) in [5.41, 5.74) is 8.31. The van der Waals surface area contributed by atoms with Gasteiger partial charge in [0.1, 0.15) is 5.75 Å².